The van der Waals surface area contributed by atoms with E-state index in [0.717, 1.165) is 28.4 Å². The van der Waals surface area contributed by atoms with E-state index < -0.39 is 0 Å². The fourth-order valence-electron chi connectivity index (χ4n) is 2.20. The summed E-state index contributed by atoms with van der Waals surface area (Å²) in [6, 6.07) is 7.58. The fourth-order valence-corrected chi connectivity index (χ4v) is 2.36. The zero-order valence-corrected chi connectivity index (χ0v) is 12.0. The number of alkyl halides is 1. The van der Waals surface area contributed by atoms with Crippen LogP contribution in [0.15, 0.2) is 35.0 Å². The minimum absolute atomic E-state index is 0.198. The molecular weight excluding hydrogens is 278 g/mol. The molecule has 1 aromatic carbocycles. The third-order valence-corrected chi connectivity index (χ3v) is 3.34. The molecule has 1 unspecified atom stereocenters. The number of methoxy groups -OCH3 is 1. The van der Waals surface area contributed by atoms with Gasteiger partial charge in [0.15, 0.2) is 5.76 Å². The van der Waals surface area contributed by atoms with Crippen molar-refractivity contribution in [1.29, 1.82) is 0 Å². The summed E-state index contributed by atoms with van der Waals surface area (Å²) in [6.45, 7) is 2.44. The zero-order valence-electron chi connectivity index (χ0n) is 11.2. The highest BCUT2D eigenvalue weighted by Crippen LogP contribution is 2.28. The topological polar surface area (TPSA) is 53.1 Å². The summed E-state index contributed by atoms with van der Waals surface area (Å²) in [5.74, 6) is 2.34. The number of nitrogens with zero attached hydrogens (tertiary/aromatic N) is 3. The van der Waals surface area contributed by atoms with Crippen LogP contribution in [0, 0.1) is 0 Å². The van der Waals surface area contributed by atoms with Crippen molar-refractivity contribution in [3.8, 4) is 5.75 Å². The molecule has 0 aliphatic heterocycles. The molecule has 6 heteroatoms. The number of ether oxygens (including phenoxy) is 1. The Morgan fingerprint density at radius 2 is 2.25 bits per heavy atom. The van der Waals surface area contributed by atoms with Crippen LogP contribution in [-0.2, 0) is 6.54 Å². The maximum absolute atomic E-state index is 6.23. The molecule has 0 aliphatic carbocycles. The number of rotatable bonds is 4. The molecule has 1 atom stereocenters. The van der Waals surface area contributed by atoms with E-state index in [1.54, 1.807) is 13.3 Å². The van der Waals surface area contributed by atoms with Gasteiger partial charge >= 0.3 is 0 Å². The molecule has 20 heavy (non-hydrogen) atoms. The molecule has 0 saturated heterocycles. The highest BCUT2D eigenvalue weighted by molar-refractivity contribution is 6.20. The van der Waals surface area contributed by atoms with Crippen molar-refractivity contribution in [2.24, 2.45) is 0 Å². The number of halogens is 1. The Labute approximate surface area is 121 Å². The Kier molecular flexibility index (Phi) is 3.36. The molecule has 2 heterocycles. The molecule has 0 amide bonds. The van der Waals surface area contributed by atoms with Crippen LogP contribution in [0.25, 0.3) is 11.0 Å². The lowest BCUT2D eigenvalue weighted by Gasteiger charge is -2.08. The normalized spacial score (nSPS) is 12.8. The maximum Gasteiger partial charge on any atom is 0.156 e. The van der Waals surface area contributed by atoms with Crippen LogP contribution < -0.4 is 4.74 Å². The SMILES string of the molecule is COc1ccc2nc(C(C)Cl)n(Cc3ccno3)c2c1. The minimum Gasteiger partial charge on any atom is -0.497 e. The van der Waals surface area contributed by atoms with E-state index in [4.69, 9.17) is 20.9 Å². The Morgan fingerprint density at radius 1 is 1.40 bits per heavy atom. The molecule has 0 radical (unpaired) electrons. The zero-order chi connectivity index (χ0) is 14.1. The largest absolute Gasteiger partial charge is 0.497 e. The summed E-state index contributed by atoms with van der Waals surface area (Å²) in [5.41, 5.74) is 1.84. The van der Waals surface area contributed by atoms with Gasteiger partial charge in [-0.3, -0.25) is 0 Å². The number of imidazole rings is 1. The van der Waals surface area contributed by atoms with Gasteiger partial charge < -0.3 is 13.8 Å². The summed E-state index contributed by atoms with van der Waals surface area (Å²) in [5, 5.41) is 3.53. The van der Waals surface area contributed by atoms with Gasteiger partial charge in [-0.2, -0.15) is 0 Å². The molecule has 0 saturated carbocycles. The summed E-state index contributed by atoms with van der Waals surface area (Å²) >= 11 is 6.23. The van der Waals surface area contributed by atoms with Gasteiger partial charge in [0.2, 0.25) is 0 Å². The minimum atomic E-state index is -0.198. The van der Waals surface area contributed by atoms with Gasteiger partial charge in [0.1, 0.15) is 11.6 Å². The average molecular weight is 292 g/mol. The molecule has 0 fully saturated rings. The Balaban J connectivity index is 2.16. The second kappa shape index (κ2) is 5.17. The van der Waals surface area contributed by atoms with Gasteiger partial charge in [-0.25, -0.2) is 4.98 Å². The molecule has 0 bridgehead atoms. The van der Waals surface area contributed by atoms with Crippen molar-refractivity contribution in [2.45, 2.75) is 18.8 Å². The molecule has 0 N–H and O–H groups in total. The first-order chi connectivity index (χ1) is 9.69. The van der Waals surface area contributed by atoms with Gasteiger partial charge in [-0.15, -0.1) is 11.6 Å². The van der Waals surface area contributed by atoms with E-state index >= 15 is 0 Å². The van der Waals surface area contributed by atoms with E-state index in [9.17, 15) is 0 Å². The lowest BCUT2D eigenvalue weighted by Crippen LogP contribution is -2.05. The van der Waals surface area contributed by atoms with E-state index in [1.807, 2.05) is 35.8 Å². The second-order valence-electron chi connectivity index (χ2n) is 4.51. The number of fused-ring (bicyclic) bond motifs is 1. The highest BCUT2D eigenvalue weighted by atomic mass is 35.5. The third-order valence-electron chi connectivity index (χ3n) is 3.15. The van der Waals surface area contributed by atoms with Crippen molar-refractivity contribution >= 4 is 22.6 Å². The van der Waals surface area contributed by atoms with Crippen molar-refractivity contribution in [2.75, 3.05) is 7.11 Å². The van der Waals surface area contributed by atoms with E-state index in [0.29, 0.717) is 6.54 Å². The fraction of sp³-hybridized carbons (Fsp3) is 0.286. The van der Waals surface area contributed by atoms with Crippen LogP contribution in [-0.4, -0.2) is 21.8 Å². The molecule has 0 spiro atoms. The van der Waals surface area contributed by atoms with Crippen molar-refractivity contribution in [3.05, 3.63) is 42.0 Å². The number of aromatic nitrogens is 3. The van der Waals surface area contributed by atoms with Crippen molar-refractivity contribution in [1.82, 2.24) is 14.7 Å². The molecular formula is C14H14ClN3O2. The molecule has 5 nitrogen and oxygen atoms in total. The number of hydrogen-bond donors (Lipinski definition) is 0. The quantitative estimate of drug-likeness (QED) is 0.692. The van der Waals surface area contributed by atoms with Crippen LogP contribution in [0.3, 0.4) is 0 Å². The predicted molar refractivity (Wildman–Crippen MR) is 76.2 cm³/mol. The Hall–Kier alpha value is -2.01. The first-order valence-corrected chi connectivity index (χ1v) is 6.70. The first kappa shape index (κ1) is 13.0. The third kappa shape index (κ3) is 2.25. The lowest BCUT2D eigenvalue weighted by molar-refractivity contribution is 0.376. The van der Waals surface area contributed by atoms with Crippen LogP contribution in [0.1, 0.15) is 23.9 Å². The van der Waals surface area contributed by atoms with E-state index in [-0.39, 0.29) is 5.38 Å². The standard InChI is InChI=1S/C14H14ClN3O2/c1-9(15)14-17-12-4-3-10(19-2)7-13(12)18(14)8-11-5-6-16-20-11/h3-7,9H,8H2,1-2H3. The lowest BCUT2D eigenvalue weighted by atomic mass is 10.3. The van der Waals surface area contributed by atoms with E-state index in [2.05, 4.69) is 10.1 Å². The van der Waals surface area contributed by atoms with Crippen LogP contribution >= 0.6 is 11.6 Å². The van der Waals surface area contributed by atoms with E-state index in [1.165, 1.54) is 0 Å². The first-order valence-electron chi connectivity index (χ1n) is 6.27. The number of benzene rings is 1. The average Bonchev–Trinajstić information content (AvgIpc) is 3.07. The highest BCUT2D eigenvalue weighted by Gasteiger charge is 2.16. The monoisotopic (exact) mass is 291 g/mol. The van der Waals surface area contributed by atoms with Crippen LogP contribution in [0.4, 0.5) is 0 Å². The smallest absolute Gasteiger partial charge is 0.156 e. The summed E-state index contributed by atoms with van der Waals surface area (Å²) in [7, 11) is 1.64. The Bertz CT molecular complexity index is 719. The van der Waals surface area contributed by atoms with Gasteiger partial charge in [-0.1, -0.05) is 5.16 Å². The van der Waals surface area contributed by atoms with Crippen LogP contribution in [0.2, 0.25) is 0 Å². The van der Waals surface area contributed by atoms with Crippen LogP contribution in [0.5, 0.6) is 5.75 Å². The van der Waals surface area contributed by atoms with Gasteiger partial charge in [0.25, 0.3) is 0 Å². The summed E-state index contributed by atoms with van der Waals surface area (Å²) in [6.07, 6.45) is 1.62. The predicted octanol–water partition coefficient (Wildman–Crippen LogP) is 3.38. The van der Waals surface area contributed by atoms with Gasteiger partial charge in [0.05, 0.1) is 36.3 Å². The summed E-state index contributed by atoms with van der Waals surface area (Å²) in [4.78, 5) is 4.58. The second-order valence-corrected chi connectivity index (χ2v) is 5.16. The van der Waals surface area contributed by atoms with Gasteiger partial charge in [0, 0.05) is 12.1 Å². The maximum atomic E-state index is 6.23. The molecule has 104 valence electrons. The molecule has 2 aromatic heterocycles. The van der Waals surface area contributed by atoms with Crippen molar-refractivity contribution < 1.29 is 9.26 Å². The molecule has 3 rings (SSSR count). The van der Waals surface area contributed by atoms with Crippen molar-refractivity contribution in [3.63, 3.8) is 0 Å². The molecule has 0 aliphatic rings. The summed E-state index contributed by atoms with van der Waals surface area (Å²) < 4.78 is 12.5. The number of hydrogen-bond acceptors (Lipinski definition) is 4. The Morgan fingerprint density at radius 3 is 2.90 bits per heavy atom. The van der Waals surface area contributed by atoms with Gasteiger partial charge in [-0.05, 0) is 19.1 Å². The molecule has 3 aromatic rings.